The molecular formula is C18H13Cl3F2N2O4. The Bertz CT molecular complexity index is 957. The first-order chi connectivity index (χ1) is 13.7. The zero-order valence-electron chi connectivity index (χ0n) is 14.5. The number of halogens is 5. The van der Waals surface area contributed by atoms with E-state index in [9.17, 15) is 23.2 Å². The third-order valence-corrected chi connectivity index (χ3v) is 4.47. The first-order valence-corrected chi connectivity index (χ1v) is 9.14. The van der Waals surface area contributed by atoms with Crippen LogP contribution in [0.1, 0.15) is 16.8 Å². The van der Waals surface area contributed by atoms with Gasteiger partial charge in [0.1, 0.15) is 11.6 Å². The molecule has 154 valence electrons. The maximum absolute atomic E-state index is 13.5. The zero-order chi connectivity index (χ0) is 21.6. The fraction of sp³-hybridized carbons (Fsp3) is 0.167. The summed E-state index contributed by atoms with van der Waals surface area (Å²) in [5.41, 5.74) is -0.173. The van der Waals surface area contributed by atoms with E-state index in [0.29, 0.717) is 6.07 Å². The molecule has 2 amide bonds. The second kappa shape index (κ2) is 10.4. The molecule has 0 aliphatic carbocycles. The van der Waals surface area contributed by atoms with E-state index < -0.39 is 36.0 Å². The number of hydrogen-bond donors (Lipinski definition) is 2. The number of carbonyl (C=O) groups is 3. The predicted molar refractivity (Wildman–Crippen MR) is 104 cm³/mol. The lowest BCUT2D eigenvalue weighted by molar-refractivity contribution is -0.147. The molecule has 2 aromatic carbocycles. The Morgan fingerprint density at radius 3 is 2.34 bits per heavy atom. The van der Waals surface area contributed by atoms with Gasteiger partial charge in [-0.2, -0.15) is 0 Å². The molecule has 0 heterocycles. The summed E-state index contributed by atoms with van der Waals surface area (Å²) in [6.45, 7) is -0.773. The van der Waals surface area contributed by atoms with Gasteiger partial charge in [-0.15, -0.1) is 0 Å². The summed E-state index contributed by atoms with van der Waals surface area (Å²) in [6.07, 6.45) is -0.268. The maximum Gasteiger partial charge on any atom is 0.308 e. The molecule has 2 aromatic rings. The van der Waals surface area contributed by atoms with Gasteiger partial charge in [-0.05, 0) is 24.3 Å². The molecule has 0 saturated heterocycles. The molecule has 2 rings (SSSR count). The predicted octanol–water partition coefficient (Wildman–Crippen LogP) is 4.23. The van der Waals surface area contributed by atoms with Crippen molar-refractivity contribution in [1.82, 2.24) is 5.32 Å². The summed E-state index contributed by atoms with van der Waals surface area (Å²) in [5, 5.41) is 5.23. The highest BCUT2D eigenvalue weighted by Gasteiger charge is 2.14. The number of anilines is 1. The minimum absolute atomic E-state index is 0.148. The smallest absolute Gasteiger partial charge is 0.308 e. The normalized spacial score (nSPS) is 10.4. The third-order valence-electron chi connectivity index (χ3n) is 3.44. The molecule has 0 aliphatic heterocycles. The average molecular weight is 466 g/mol. The van der Waals surface area contributed by atoms with Crippen molar-refractivity contribution in [1.29, 1.82) is 0 Å². The summed E-state index contributed by atoms with van der Waals surface area (Å²) in [7, 11) is 0. The molecule has 0 unspecified atom stereocenters. The Hall–Kier alpha value is -2.42. The molecule has 0 aromatic heterocycles. The number of carbonyl (C=O) groups excluding carboxylic acids is 3. The highest BCUT2D eigenvalue weighted by Crippen LogP contribution is 2.32. The van der Waals surface area contributed by atoms with Crippen LogP contribution in [0.2, 0.25) is 15.1 Å². The van der Waals surface area contributed by atoms with E-state index in [0.717, 1.165) is 12.1 Å². The Kier molecular flexibility index (Phi) is 8.19. The fourth-order valence-electron chi connectivity index (χ4n) is 2.07. The standard InChI is InChI=1S/C18H13Cl3F2N2O4/c19-11-6-13(21)15(7-12(11)20)25-16(26)8-29-17(27)3-4-24-18(28)10-2-1-9(22)5-14(10)23/h1-2,5-7H,3-4,8H2,(H,24,28)(H,25,26). The van der Waals surface area contributed by atoms with E-state index in [1.165, 1.54) is 12.1 Å². The van der Waals surface area contributed by atoms with Crippen molar-refractivity contribution in [3.8, 4) is 0 Å². The second-order valence-electron chi connectivity index (χ2n) is 5.59. The molecule has 0 bridgehead atoms. The number of rotatable bonds is 7. The molecule has 0 fully saturated rings. The molecule has 0 radical (unpaired) electrons. The number of nitrogens with one attached hydrogen (secondary N) is 2. The van der Waals surface area contributed by atoms with Gasteiger partial charge in [0.05, 0.1) is 32.7 Å². The largest absolute Gasteiger partial charge is 0.456 e. The number of amides is 2. The van der Waals surface area contributed by atoms with Crippen molar-refractivity contribution in [2.24, 2.45) is 0 Å². The minimum atomic E-state index is -1.03. The molecular weight excluding hydrogens is 453 g/mol. The van der Waals surface area contributed by atoms with Crippen LogP contribution >= 0.6 is 34.8 Å². The molecule has 0 atom stereocenters. The third kappa shape index (κ3) is 6.85. The lowest BCUT2D eigenvalue weighted by Crippen LogP contribution is -2.28. The van der Waals surface area contributed by atoms with Crippen molar-refractivity contribution in [2.75, 3.05) is 18.5 Å². The van der Waals surface area contributed by atoms with Crippen LogP contribution < -0.4 is 10.6 Å². The van der Waals surface area contributed by atoms with Crippen LogP contribution in [0.4, 0.5) is 14.5 Å². The lowest BCUT2D eigenvalue weighted by atomic mass is 10.2. The molecule has 0 aliphatic rings. The van der Waals surface area contributed by atoms with E-state index in [2.05, 4.69) is 10.6 Å². The Morgan fingerprint density at radius 1 is 0.966 bits per heavy atom. The number of ether oxygens (including phenoxy) is 1. The van der Waals surface area contributed by atoms with Crippen molar-refractivity contribution >= 4 is 58.3 Å². The molecule has 0 spiro atoms. The second-order valence-corrected chi connectivity index (χ2v) is 6.81. The van der Waals surface area contributed by atoms with Crippen molar-refractivity contribution in [3.63, 3.8) is 0 Å². The average Bonchev–Trinajstić information content (AvgIpc) is 2.64. The molecule has 29 heavy (non-hydrogen) atoms. The summed E-state index contributed by atoms with van der Waals surface area (Å²) in [6, 6.07) is 5.18. The minimum Gasteiger partial charge on any atom is -0.456 e. The van der Waals surface area contributed by atoms with Gasteiger partial charge in [-0.25, -0.2) is 8.78 Å². The quantitative estimate of drug-likeness (QED) is 0.473. The highest BCUT2D eigenvalue weighted by molar-refractivity contribution is 6.44. The van der Waals surface area contributed by atoms with Crippen LogP contribution in [0.5, 0.6) is 0 Å². The molecule has 2 N–H and O–H groups in total. The number of esters is 1. The molecule has 0 saturated carbocycles. The van der Waals surface area contributed by atoms with Crippen LogP contribution in [0.25, 0.3) is 0 Å². The van der Waals surface area contributed by atoms with E-state index in [1.54, 1.807) is 0 Å². The Balaban J connectivity index is 1.75. The van der Waals surface area contributed by atoms with Crippen molar-refractivity contribution < 1.29 is 27.9 Å². The van der Waals surface area contributed by atoms with Gasteiger partial charge in [-0.3, -0.25) is 14.4 Å². The van der Waals surface area contributed by atoms with Gasteiger partial charge >= 0.3 is 5.97 Å². The summed E-state index contributed by atoms with van der Waals surface area (Å²) in [5.74, 6) is -4.11. The summed E-state index contributed by atoms with van der Waals surface area (Å²) >= 11 is 17.5. The number of hydrogen-bond acceptors (Lipinski definition) is 4. The van der Waals surface area contributed by atoms with Gasteiger partial charge in [0.15, 0.2) is 6.61 Å². The maximum atomic E-state index is 13.5. The lowest BCUT2D eigenvalue weighted by Gasteiger charge is -2.10. The van der Waals surface area contributed by atoms with Gasteiger partial charge < -0.3 is 15.4 Å². The highest BCUT2D eigenvalue weighted by atomic mass is 35.5. The fourth-order valence-corrected chi connectivity index (χ4v) is 2.66. The van der Waals surface area contributed by atoms with Gasteiger partial charge in [0, 0.05) is 12.6 Å². The van der Waals surface area contributed by atoms with Crippen LogP contribution in [0.15, 0.2) is 30.3 Å². The molecule has 6 nitrogen and oxygen atoms in total. The van der Waals surface area contributed by atoms with Crippen LogP contribution in [0, 0.1) is 11.6 Å². The van der Waals surface area contributed by atoms with Crippen molar-refractivity contribution in [2.45, 2.75) is 6.42 Å². The van der Waals surface area contributed by atoms with Crippen LogP contribution in [-0.2, 0) is 14.3 Å². The monoisotopic (exact) mass is 464 g/mol. The Morgan fingerprint density at radius 2 is 1.66 bits per heavy atom. The summed E-state index contributed by atoms with van der Waals surface area (Å²) < 4.78 is 31.1. The van der Waals surface area contributed by atoms with E-state index in [1.807, 2.05) is 0 Å². The Labute approximate surface area is 179 Å². The first kappa shape index (κ1) is 22.9. The van der Waals surface area contributed by atoms with Crippen molar-refractivity contribution in [3.05, 3.63) is 62.6 Å². The van der Waals surface area contributed by atoms with Gasteiger partial charge in [0.25, 0.3) is 11.8 Å². The number of benzene rings is 2. The zero-order valence-corrected chi connectivity index (χ0v) is 16.8. The topological polar surface area (TPSA) is 84.5 Å². The van der Waals surface area contributed by atoms with Crippen LogP contribution in [0.3, 0.4) is 0 Å². The van der Waals surface area contributed by atoms with E-state index >= 15 is 0 Å². The van der Waals surface area contributed by atoms with E-state index in [-0.39, 0.29) is 39.3 Å². The van der Waals surface area contributed by atoms with Gasteiger partial charge in [-0.1, -0.05) is 34.8 Å². The van der Waals surface area contributed by atoms with E-state index in [4.69, 9.17) is 39.5 Å². The van der Waals surface area contributed by atoms with Gasteiger partial charge in [0.2, 0.25) is 0 Å². The SMILES string of the molecule is O=C(COC(=O)CCNC(=O)c1ccc(F)cc1F)Nc1cc(Cl)c(Cl)cc1Cl. The van der Waals surface area contributed by atoms with Crippen LogP contribution in [-0.4, -0.2) is 30.9 Å². The first-order valence-electron chi connectivity index (χ1n) is 8.00. The summed E-state index contributed by atoms with van der Waals surface area (Å²) in [4.78, 5) is 35.3. The molecule has 11 heteroatoms.